The molecular formula is C12H18ClN5. The Balaban J connectivity index is 1.83. The third-order valence-electron chi connectivity index (χ3n) is 3.99. The van der Waals surface area contributed by atoms with Gasteiger partial charge in [-0.15, -0.1) is 16.7 Å². The van der Waals surface area contributed by atoms with Crippen LogP contribution in [0.4, 0.5) is 0 Å². The molecule has 2 aliphatic heterocycles. The molecule has 1 aromatic rings. The fourth-order valence-corrected chi connectivity index (χ4v) is 3.11. The van der Waals surface area contributed by atoms with E-state index in [1.54, 1.807) is 0 Å². The van der Waals surface area contributed by atoms with Crippen molar-refractivity contribution in [1.82, 2.24) is 20.3 Å². The van der Waals surface area contributed by atoms with Gasteiger partial charge in [0.05, 0.1) is 11.9 Å². The van der Waals surface area contributed by atoms with Gasteiger partial charge in [0.15, 0.2) is 0 Å². The van der Waals surface area contributed by atoms with E-state index in [-0.39, 0.29) is 5.41 Å². The van der Waals surface area contributed by atoms with E-state index in [0.717, 1.165) is 51.1 Å². The molecule has 18 heavy (non-hydrogen) atoms. The van der Waals surface area contributed by atoms with E-state index in [4.69, 9.17) is 11.6 Å². The molecule has 1 fully saturated rings. The Bertz CT molecular complexity index is 447. The van der Waals surface area contributed by atoms with E-state index < -0.39 is 0 Å². The number of fused-ring (bicyclic) bond motifs is 1. The van der Waals surface area contributed by atoms with E-state index in [2.05, 4.69) is 20.6 Å². The zero-order valence-corrected chi connectivity index (χ0v) is 11.2. The van der Waals surface area contributed by atoms with Gasteiger partial charge in [0.2, 0.25) is 0 Å². The van der Waals surface area contributed by atoms with Gasteiger partial charge in [-0.2, -0.15) is 0 Å². The number of alkyl halides is 1. The molecule has 0 aromatic carbocycles. The minimum atomic E-state index is 0.170. The molecule has 0 saturated carbocycles. The van der Waals surface area contributed by atoms with Crippen molar-refractivity contribution < 1.29 is 0 Å². The number of nitrogens with zero attached hydrogens (tertiary/aromatic N) is 4. The van der Waals surface area contributed by atoms with E-state index in [1.807, 2.05) is 10.9 Å². The van der Waals surface area contributed by atoms with Crippen molar-refractivity contribution in [2.75, 3.05) is 25.5 Å². The Morgan fingerprint density at radius 2 is 2.22 bits per heavy atom. The SMILES string of the molecule is ClCC1(Cn2nnc3c2CCN=C3)CCNCC1. The molecule has 6 heteroatoms. The molecule has 98 valence electrons. The van der Waals surface area contributed by atoms with E-state index >= 15 is 0 Å². The normalized spacial score (nSPS) is 21.8. The largest absolute Gasteiger partial charge is 0.317 e. The molecule has 0 aliphatic carbocycles. The first-order valence-corrected chi connectivity index (χ1v) is 7.05. The maximum atomic E-state index is 6.22. The van der Waals surface area contributed by atoms with Crippen LogP contribution < -0.4 is 5.32 Å². The molecule has 0 amide bonds. The van der Waals surface area contributed by atoms with Gasteiger partial charge in [0, 0.05) is 30.8 Å². The molecule has 0 bridgehead atoms. The van der Waals surface area contributed by atoms with Crippen LogP contribution >= 0.6 is 11.6 Å². The molecule has 0 unspecified atom stereocenters. The standard InChI is InChI=1S/C12H18ClN5/c13-8-12(2-5-14-6-3-12)9-18-11-1-4-15-7-10(11)16-17-18/h7,14H,1-6,8-9H2. The maximum Gasteiger partial charge on any atom is 0.126 e. The predicted octanol–water partition coefficient (Wildman–Crippen LogP) is 0.862. The Hall–Kier alpha value is -0.940. The van der Waals surface area contributed by atoms with Crippen LogP contribution in [0.2, 0.25) is 0 Å². The van der Waals surface area contributed by atoms with E-state index in [0.29, 0.717) is 5.88 Å². The van der Waals surface area contributed by atoms with Crippen LogP contribution in [0.1, 0.15) is 24.2 Å². The number of hydrogen-bond donors (Lipinski definition) is 1. The average molecular weight is 268 g/mol. The lowest BCUT2D eigenvalue weighted by Crippen LogP contribution is -2.41. The van der Waals surface area contributed by atoms with Gasteiger partial charge in [-0.3, -0.25) is 4.99 Å². The first kappa shape index (κ1) is 12.1. The van der Waals surface area contributed by atoms with Gasteiger partial charge in [-0.05, 0) is 25.9 Å². The molecule has 0 spiro atoms. The Kier molecular flexibility index (Phi) is 3.35. The topological polar surface area (TPSA) is 55.1 Å². The fourth-order valence-electron chi connectivity index (χ4n) is 2.76. The number of nitrogens with one attached hydrogen (secondary N) is 1. The van der Waals surface area contributed by atoms with Crippen LogP contribution in [0.5, 0.6) is 0 Å². The minimum absolute atomic E-state index is 0.170. The van der Waals surface area contributed by atoms with Crippen LogP contribution in [0, 0.1) is 5.41 Å². The van der Waals surface area contributed by atoms with Crippen LogP contribution in [0.15, 0.2) is 4.99 Å². The summed E-state index contributed by atoms with van der Waals surface area (Å²) >= 11 is 6.22. The van der Waals surface area contributed by atoms with E-state index in [1.165, 1.54) is 5.69 Å². The summed E-state index contributed by atoms with van der Waals surface area (Å²) in [7, 11) is 0. The van der Waals surface area contributed by atoms with Crippen LogP contribution in [-0.4, -0.2) is 46.7 Å². The second-order valence-corrected chi connectivity index (χ2v) is 5.52. The highest BCUT2D eigenvalue weighted by Crippen LogP contribution is 2.32. The van der Waals surface area contributed by atoms with Gasteiger partial charge >= 0.3 is 0 Å². The molecular weight excluding hydrogens is 250 g/mol. The number of hydrogen-bond acceptors (Lipinski definition) is 4. The van der Waals surface area contributed by atoms with Crippen molar-refractivity contribution in [3.05, 3.63) is 11.4 Å². The molecule has 2 aliphatic rings. The lowest BCUT2D eigenvalue weighted by molar-refractivity contribution is 0.188. The summed E-state index contributed by atoms with van der Waals surface area (Å²) in [6, 6.07) is 0. The van der Waals surface area contributed by atoms with Gasteiger partial charge in [-0.1, -0.05) is 5.21 Å². The van der Waals surface area contributed by atoms with E-state index in [9.17, 15) is 0 Å². The zero-order valence-electron chi connectivity index (χ0n) is 10.4. The maximum absolute atomic E-state index is 6.22. The third-order valence-corrected chi connectivity index (χ3v) is 4.56. The number of aromatic nitrogens is 3. The number of halogens is 1. The fraction of sp³-hybridized carbons (Fsp3) is 0.750. The van der Waals surface area contributed by atoms with Gasteiger partial charge in [0.1, 0.15) is 5.69 Å². The van der Waals surface area contributed by atoms with Gasteiger partial charge < -0.3 is 5.32 Å². The lowest BCUT2D eigenvalue weighted by Gasteiger charge is -2.36. The average Bonchev–Trinajstić information content (AvgIpc) is 2.83. The van der Waals surface area contributed by atoms with Crippen molar-refractivity contribution >= 4 is 17.8 Å². The van der Waals surface area contributed by atoms with Crippen molar-refractivity contribution in [1.29, 1.82) is 0 Å². The highest BCUT2D eigenvalue weighted by atomic mass is 35.5. The summed E-state index contributed by atoms with van der Waals surface area (Å²) in [4.78, 5) is 4.24. The number of rotatable bonds is 3. The van der Waals surface area contributed by atoms with Crippen LogP contribution in [0.25, 0.3) is 0 Å². The molecule has 0 atom stereocenters. The summed E-state index contributed by atoms with van der Waals surface area (Å²) < 4.78 is 2.05. The Morgan fingerprint density at radius 3 is 3.00 bits per heavy atom. The molecule has 3 heterocycles. The Labute approximate surface area is 112 Å². The predicted molar refractivity (Wildman–Crippen MR) is 71.4 cm³/mol. The Morgan fingerprint density at radius 1 is 1.39 bits per heavy atom. The summed E-state index contributed by atoms with van der Waals surface area (Å²) in [5.41, 5.74) is 2.32. The van der Waals surface area contributed by atoms with Gasteiger partial charge in [-0.25, -0.2) is 4.68 Å². The number of piperidine rings is 1. The smallest absolute Gasteiger partial charge is 0.126 e. The summed E-state index contributed by atoms with van der Waals surface area (Å²) in [5.74, 6) is 0.692. The molecule has 3 rings (SSSR count). The van der Waals surface area contributed by atoms with Crippen LogP contribution in [-0.2, 0) is 13.0 Å². The first-order valence-electron chi connectivity index (χ1n) is 6.52. The zero-order chi connectivity index (χ0) is 12.4. The minimum Gasteiger partial charge on any atom is -0.317 e. The molecule has 5 nitrogen and oxygen atoms in total. The van der Waals surface area contributed by atoms with Gasteiger partial charge in [0.25, 0.3) is 0 Å². The molecule has 1 N–H and O–H groups in total. The second kappa shape index (κ2) is 4.97. The number of aliphatic imine (C=N–C) groups is 1. The monoisotopic (exact) mass is 267 g/mol. The van der Waals surface area contributed by atoms with Crippen molar-refractivity contribution in [2.45, 2.75) is 25.8 Å². The van der Waals surface area contributed by atoms with Crippen molar-refractivity contribution in [3.8, 4) is 0 Å². The molecule has 0 radical (unpaired) electrons. The second-order valence-electron chi connectivity index (χ2n) is 5.25. The first-order chi connectivity index (χ1) is 8.83. The highest BCUT2D eigenvalue weighted by Gasteiger charge is 2.33. The summed E-state index contributed by atoms with van der Waals surface area (Å²) in [6.07, 6.45) is 4.99. The molecule has 1 aromatic heterocycles. The van der Waals surface area contributed by atoms with Crippen molar-refractivity contribution in [2.24, 2.45) is 10.4 Å². The van der Waals surface area contributed by atoms with Crippen molar-refractivity contribution in [3.63, 3.8) is 0 Å². The summed E-state index contributed by atoms with van der Waals surface area (Å²) in [6.45, 7) is 3.82. The summed E-state index contributed by atoms with van der Waals surface area (Å²) in [5, 5.41) is 11.9. The highest BCUT2D eigenvalue weighted by molar-refractivity contribution is 6.18. The lowest BCUT2D eigenvalue weighted by atomic mass is 9.80. The molecule has 1 saturated heterocycles. The third kappa shape index (κ3) is 2.17. The quantitative estimate of drug-likeness (QED) is 0.827. The van der Waals surface area contributed by atoms with Crippen LogP contribution in [0.3, 0.4) is 0 Å².